The van der Waals surface area contributed by atoms with Gasteiger partial charge in [-0.25, -0.2) is 9.37 Å². The maximum absolute atomic E-state index is 12.9. The molecule has 0 aliphatic heterocycles. The van der Waals surface area contributed by atoms with E-state index in [-0.39, 0.29) is 18.5 Å². The Morgan fingerprint density at radius 3 is 2.97 bits per heavy atom. The molecule has 31 heavy (non-hydrogen) atoms. The van der Waals surface area contributed by atoms with Crippen LogP contribution in [0.1, 0.15) is 0 Å². The summed E-state index contributed by atoms with van der Waals surface area (Å²) in [6.45, 7) is -0.435. The first-order valence-electron chi connectivity index (χ1n) is 9.38. The first kappa shape index (κ1) is 19.2. The number of H-pyrrole nitrogens is 1. The lowest BCUT2D eigenvalue weighted by Gasteiger charge is -2.04. The lowest BCUT2D eigenvalue weighted by Crippen LogP contribution is -2.21. The highest BCUT2D eigenvalue weighted by Gasteiger charge is 2.15. The topological polar surface area (TPSA) is 103 Å². The maximum Gasteiger partial charge on any atom is 0.344 e. The van der Waals surface area contributed by atoms with Crippen LogP contribution in [0.25, 0.3) is 33.6 Å². The summed E-state index contributed by atoms with van der Waals surface area (Å²) in [7, 11) is 1.86. The molecule has 1 N–H and O–H groups in total. The number of fused-ring (bicyclic) bond motifs is 1. The van der Waals surface area contributed by atoms with Crippen LogP contribution in [0.2, 0.25) is 5.02 Å². The third-order valence-corrected chi connectivity index (χ3v) is 5.03. The summed E-state index contributed by atoms with van der Waals surface area (Å²) in [6.07, 6.45) is 8.90. The minimum atomic E-state index is -0.551. The van der Waals surface area contributed by atoms with Crippen molar-refractivity contribution in [3.8, 4) is 22.6 Å². The average Bonchev–Trinajstić information content (AvgIpc) is 3.49. The molecule has 0 saturated heterocycles. The largest absolute Gasteiger partial charge is 0.402 e. The molecule has 0 saturated carbocycles. The zero-order chi connectivity index (χ0) is 21.4. The van der Waals surface area contributed by atoms with Gasteiger partial charge in [0.2, 0.25) is 0 Å². The number of nitrogens with zero attached hydrogens (tertiary/aromatic N) is 7. The standard InChI is InChI=1S/C20H16ClFN8O/c1-29-11-13(9-25-29)12-7-14-15(10-24-17(14)23-8-12)19-27-28-20(31-19)26-18-16(21)3-2-5-30(18)6-4-22/h2-3,5,7-11H,4,6H2,1H3,(H,23,24). The van der Waals surface area contributed by atoms with Gasteiger partial charge in [0.15, 0.2) is 5.49 Å². The van der Waals surface area contributed by atoms with E-state index in [1.54, 1.807) is 46.2 Å². The lowest BCUT2D eigenvalue weighted by molar-refractivity contribution is 0.438. The van der Waals surface area contributed by atoms with E-state index in [4.69, 9.17) is 16.0 Å². The molecular formula is C20H16ClFN8O. The van der Waals surface area contributed by atoms with Gasteiger partial charge in [-0.05, 0) is 18.2 Å². The number of aryl methyl sites for hydroxylation is 2. The molecule has 0 bridgehead atoms. The molecule has 0 radical (unpaired) electrons. The Bertz CT molecular complexity index is 1450. The van der Waals surface area contributed by atoms with E-state index < -0.39 is 6.67 Å². The third kappa shape index (κ3) is 3.61. The van der Waals surface area contributed by atoms with Crippen molar-refractivity contribution in [2.45, 2.75) is 6.54 Å². The minimum Gasteiger partial charge on any atom is -0.402 e. The zero-order valence-electron chi connectivity index (χ0n) is 16.3. The van der Waals surface area contributed by atoms with Crippen molar-refractivity contribution >= 4 is 28.6 Å². The average molecular weight is 439 g/mol. The summed E-state index contributed by atoms with van der Waals surface area (Å²) in [4.78, 5) is 11.9. The summed E-state index contributed by atoms with van der Waals surface area (Å²) in [5.74, 6) is 0.277. The zero-order valence-corrected chi connectivity index (χ0v) is 17.1. The van der Waals surface area contributed by atoms with E-state index in [0.717, 1.165) is 16.5 Å². The van der Waals surface area contributed by atoms with Crippen LogP contribution in [0.5, 0.6) is 0 Å². The Balaban J connectivity index is 1.56. The van der Waals surface area contributed by atoms with Crippen molar-refractivity contribution in [3.63, 3.8) is 0 Å². The molecule has 0 fully saturated rings. The summed E-state index contributed by atoms with van der Waals surface area (Å²) < 4.78 is 21.9. The summed E-state index contributed by atoms with van der Waals surface area (Å²) in [6, 6.07) is 5.38. The van der Waals surface area contributed by atoms with Crippen LogP contribution in [-0.4, -0.2) is 41.2 Å². The predicted molar refractivity (Wildman–Crippen MR) is 112 cm³/mol. The molecule has 0 atom stereocenters. The molecule has 0 spiro atoms. The maximum atomic E-state index is 12.9. The highest BCUT2D eigenvalue weighted by molar-refractivity contribution is 6.30. The van der Waals surface area contributed by atoms with Crippen molar-refractivity contribution in [1.82, 2.24) is 34.5 Å². The van der Waals surface area contributed by atoms with Gasteiger partial charge in [0.25, 0.3) is 5.89 Å². The number of aromatic nitrogens is 7. The molecule has 0 unspecified atom stereocenters. The first-order chi connectivity index (χ1) is 15.1. The summed E-state index contributed by atoms with van der Waals surface area (Å²) in [5, 5.41) is 13.5. The van der Waals surface area contributed by atoms with Crippen LogP contribution in [0.15, 0.2) is 58.6 Å². The van der Waals surface area contributed by atoms with Gasteiger partial charge in [0.1, 0.15) is 12.3 Å². The molecule has 11 heteroatoms. The highest BCUT2D eigenvalue weighted by Crippen LogP contribution is 2.31. The summed E-state index contributed by atoms with van der Waals surface area (Å²) >= 11 is 6.23. The van der Waals surface area contributed by atoms with Gasteiger partial charge in [-0.15, -0.1) is 5.10 Å². The van der Waals surface area contributed by atoms with Crippen molar-refractivity contribution in [2.75, 3.05) is 6.67 Å². The third-order valence-electron chi connectivity index (χ3n) is 4.74. The lowest BCUT2D eigenvalue weighted by atomic mass is 10.1. The number of rotatable bonds is 5. The molecule has 5 heterocycles. The molecule has 156 valence electrons. The molecule has 9 nitrogen and oxygen atoms in total. The first-order valence-corrected chi connectivity index (χ1v) is 9.76. The van der Waals surface area contributed by atoms with E-state index in [1.807, 2.05) is 19.3 Å². The predicted octanol–water partition coefficient (Wildman–Crippen LogP) is 3.67. The van der Waals surface area contributed by atoms with E-state index in [0.29, 0.717) is 21.7 Å². The fourth-order valence-corrected chi connectivity index (χ4v) is 3.49. The van der Waals surface area contributed by atoms with E-state index in [1.165, 1.54) is 0 Å². The Kier molecular flexibility index (Phi) is 4.83. The van der Waals surface area contributed by atoms with Crippen molar-refractivity contribution in [1.29, 1.82) is 0 Å². The minimum absolute atomic E-state index is 0.0152. The monoisotopic (exact) mass is 438 g/mol. The number of hydrogen-bond donors (Lipinski definition) is 1. The smallest absolute Gasteiger partial charge is 0.344 e. The SMILES string of the molecule is Cn1cc(-c2cnc3[nH]cc(-c4nnc(N=c5c(Cl)cccn5CCF)o4)c3c2)cn1. The van der Waals surface area contributed by atoms with Crippen LogP contribution >= 0.6 is 11.6 Å². The highest BCUT2D eigenvalue weighted by atomic mass is 35.5. The van der Waals surface area contributed by atoms with Gasteiger partial charge in [-0.1, -0.05) is 16.7 Å². The van der Waals surface area contributed by atoms with Crippen LogP contribution in [-0.2, 0) is 13.6 Å². The van der Waals surface area contributed by atoms with Gasteiger partial charge < -0.3 is 14.0 Å². The number of halogens is 2. The van der Waals surface area contributed by atoms with Crippen molar-refractivity contribution in [2.24, 2.45) is 12.0 Å². The number of alkyl halides is 1. The molecule has 5 aromatic rings. The molecule has 0 amide bonds. The Hall–Kier alpha value is -3.79. The molecule has 0 aliphatic carbocycles. The Morgan fingerprint density at radius 1 is 1.26 bits per heavy atom. The molecule has 5 rings (SSSR count). The van der Waals surface area contributed by atoms with Gasteiger partial charge in [-0.2, -0.15) is 10.1 Å². The second-order valence-corrected chi connectivity index (χ2v) is 7.20. The molecule has 0 aliphatic rings. The quantitative estimate of drug-likeness (QED) is 0.451. The molecule has 5 aromatic heterocycles. The van der Waals surface area contributed by atoms with Crippen LogP contribution in [0, 0.1) is 0 Å². The van der Waals surface area contributed by atoms with Gasteiger partial charge >= 0.3 is 6.01 Å². The number of hydrogen-bond acceptors (Lipinski definition) is 6. The Labute approximate surface area is 179 Å². The van der Waals surface area contributed by atoms with Crippen LogP contribution < -0.4 is 5.49 Å². The number of pyridine rings is 2. The van der Waals surface area contributed by atoms with E-state index in [9.17, 15) is 4.39 Å². The molecule has 0 aromatic carbocycles. The van der Waals surface area contributed by atoms with Gasteiger partial charge in [0.05, 0.1) is 23.3 Å². The second-order valence-electron chi connectivity index (χ2n) is 6.79. The van der Waals surface area contributed by atoms with Gasteiger partial charge in [-0.3, -0.25) is 4.68 Å². The number of aromatic amines is 1. The van der Waals surface area contributed by atoms with E-state index >= 15 is 0 Å². The Morgan fingerprint density at radius 2 is 2.16 bits per heavy atom. The summed E-state index contributed by atoms with van der Waals surface area (Å²) in [5.41, 5.74) is 3.58. The fourth-order valence-electron chi connectivity index (χ4n) is 3.27. The van der Waals surface area contributed by atoms with Crippen LogP contribution in [0.4, 0.5) is 10.4 Å². The van der Waals surface area contributed by atoms with Crippen molar-refractivity contribution < 1.29 is 8.81 Å². The van der Waals surface area contributed by atoms with Crippen molar-refractivity contribution in [3.05, 3.63) is 59.7 Å². The molecular weight excluding hydrogens is 423 g/mol. The fraction of sp³-hybridized carbons (Fsp3) is 0.150. The van der Waals surface area contributed by atoms with E-state index in [2.05, 4.69) is 30.3 Å². The second kappa shape index (κ2) is 7.80. The number of nitrogens with one attached hydrogen (secondary N) is 1. The van der Waals surface area contributed by atoms with Crippen LogP contribution in [0.3, 0.4) is 0 Å². The normalized spacial score (nSPS) is 12.2. The van der Waals surface area contributed by atoms with Gasteiger partial charge in [0, 0.05) is 48.3 Å².